The molecule has 1 unspecified atom stereocenters. The molecule has 144 valence electrons. The van der Waals surface area contributed by atoms with Crippen molar-refractivity contribution < 1.29 is 9.53 Å². The van der Waals surface area contributed by atoms with Crippen molar-refractivity contribution in [2.75, 3.05) is 13.7 Å². The molecule has 1 aromatic carbocycles. The molecule has 2 aromatic rings. The summed E-state index contributed by atoms with van der Waals surface area (Å²) in [6, 6.07) is 7.79. The predicted molar refractivity (Wildman–Crippen MR) is 110 cm³/mol. The quantitative estimate of drug-likeness (QED) is 0.542. The Hall–Kier alpha value is -2.21. The van der Waals surface area contributed by atoms with Gasteiger partial charge in [0, 0.05) is 24.6 Å². The number of carbonyl (C=O) groups excluding carboxylic acids is 1. The highest BCUT2D eigenvalue weighted by atomic mass is 32.2. The molecule has 0 saturated heterocycles. The van der Waals surface area contributed by atoms with Gasteiger partial charge < -0.3 is 10.1 Å². The van der Waals surface area contributed by atoms with E-state index in [4.69, 9.17) is 4.74 Å². The van der Waals surface area contributed by atoms with Gasteiger partial charge in [-0.25, -0.2) is 4.98 Å². The second kappa shape index (κ2) is 9.65. The standard InChI is InChI=1S/C21H27N3O2S/c1-16(20(25)22-13-12-17-6-4-3-5-7-17)27-21-23-14-15-24(21)18-8-10-19(26-2)11-9-18/h6,8-11,14-16H,3-5,7,12-13H2,1-2H3,(H,22,25). The fraction of sp³-hybridized carbons (Fsp3) is 0.429. The van der Waals surface area contributed by atoms with Gasteiger partial charge in [-0.2, -0.15) is 0 Å². The van der Waals surface area contributed by atoms with Crippen molar-refractivity contribution in [1.82, 2.24) is 14.9 Å². The number of amides is 1. The highest BCUT2D eigenvalue weighted by molar-refractivity contribution is 8.00. The summed E-state index contributed by atoms with van der Waals surface area (Å²) in [5.74, 6) is 0.870. The molecule has 1 aromatic heterocycles. The van der Waals surface area contributed by atoms with E-state index in [1.165, 1.54) is 43.0 Å². The van der Waals surface area contributed by atoms with Gasteiger partial charge in [-0.05, 0) is 63.3 Å². The molecule has 0 saturated carbocycles. The Morgan fingerprint density at radius 1 is 1.33 bits per heavy atom. The Morgan fingerprint density at radius 3 is 2.85 bits per heavy atom. The lowest BCUT2D eigenvalue weighted by atomic mass is 9.97. The lowest BCUT2D eigenvalue weighted by Gasteiger charge is -2.15. The first kappa shape index (κ1) is 19.5. The van der Waals surface area contributed by atoms with Crippen molar-refractivity contribution >= 4 is 17.7 Å². The van der Waals surface area contributed by atoms with Crippen LogP contribution in [-0.4, -0.2) is 34.4 Å². The molecule has 0 aliphatic heterocycles. The Balaban J connectivity index is 1.54. The summed E-state index contributed by atoms with van der Waals surface area (Å²) >= 11 is 1.47. The summed E-state index contributed by atoms with van der Waals surface area (Å²) in [6.45, 7) is 2.63. The lowest BCUT2D eigenvalue weighted by molar-refractivity contribution is -0.120. The van der Waals surface area contributed by atoms with Crippen molar-refractivity contribution in [2.45, 2.75) is 49.4 Å². The van der Waals surface area contributed by atoms with Crippen LogP contribution in [-0.2, 0) is 4.79 Å². The van der Waals surface area contributed by atoms with Crippen LogP contribution in [0.1, 0.15) is 39.0 Å². The molecule has 1 heterocycles. The first-order valence-corrected chi connectivity index (χ1v) is 10.4. The molecule has 1 aliphatic carbocycles. The minimum Gasteiger partial charge on any atom is -0.497 e. The SMILES string of the molecule is COc1ccc(-n2ccnc2SC(C)C(=O)NCCC2=CCCCC2)cc1. The summed E-state index contributed by atoms with van der Waals surface area (Å²) in [4.78, 5) is 16.9. The van der Waals surface area contributed by atoms with Crippen LogP contribution in [0.2, 0.25) is 0 Å². The first-order valence-electron chi connectivity index (χ1n) is 9.47. The molecular weight excluding hydrogens is 358 g/mol. The third kappa shape index (κ3) is 5.39. The molecule has 5 nitrogen and oxygen atoms in total. The van der Waals surface area contributed by atoms with Gasteiger partial charge in [0.15, 0.2) is 5.16 Å². The number of rotatable bonds is 8. The molecule has 0 fully saturated rings. The number of carbonyl (C=O) groups is 1. The monoisotopic (exact) mass is 385 g/mol. The van der Waals surface area contributed by atoms with Gasteiger partial charge in [-0.1, -0.05) is 23.4 Å². The van der Waals surface area contributed by atoms with E-state index in [1.54, 1.807) is 13.3 Å². The van der Waals surface area contributed by atoms with Gasteiger partial charge in [0.2, 0.25) is 5.91 Å². The number of imidazole rings is 1. The van der Waals surface area contributed by atoms with E-state index in [-0.39, 0.29) is 11.2 Å². The minimum absolute atomic E-state index is 0.0562. The van der Waals surface area contributed by atoms with Crippen molar-refractivity contribution in [1.29, 1.82) is 0 Å². The van der Waals surface area contributed by atoms with Crippen LogP contribution in [0.25, 0.3) is 5.69 Å². The Morgan fingerprint density at radius 2 is 2.15 bits per heavy atom. The van der Waals surface area contributed by atoms with E-state index < -0.39 is 0 Å². The predicted octanol–water partition coefficient (Wildman–Crippen LogP) is 4.37. The van der Waals surface area contributed by atoms with Crippen molar-refractivity contribution in [3.05, 3.63) is 48.3 Å². The van der Waals surface area contributed by atoms with Crippen LogP contribution in [0.5, 0.6) is 5.75 Å². The maximum absolute atomic E-state index is 12.4. The highest BCUT2D eigenvalue weighted by Gasteiger charge is 2.17. The molecule has 0 radical (unpaired) electrons. The summed E-state index contributed by atoms with van der Waals surface area (Å²) in [6.07, 6.45) is 11.9. The number of hydrogen-bond donors (Lipinski definition) is 1. The molecule has 0 bridgehead atoms. The van der Waals surface area contributed by atoms with Crippen LogP contribution in [0.3, 0.4) is 0 Å². The first-order chi connectivity index (χ1) is 13.2. The molecule has 1 atom stereocenters. The van der Waals surface area contributed by atoms with Crippen LogP contribution in [0, 0.1) is 0 Å². The van der Waals surface area contributed by atoms with Crippen LogP contribution in [0.4, 0.5) is 0 Å². The molecule has 3 rings (SSSR count). The number of allylic oxidation sites excluding steroid dienone is 1. The Bertz CT molecular complexity index is 783. The molecule has 27 heavy (non-hydrogen) atoms. The zero-order valence-corrected chi connectivity index (χ0v) is 16.8. The maximum Gasteiger partial charge on any atom is 0.233 e. The average molecular weight is 386 g/mol. The molecule has 1 amide bonds. The largest absolute Gasteiger partial charge is 0.497 e. The second-order valence-electron chi connectivity index (χ2n) is 6.69. The maximum atomic E-state index is 12.4. The molecule has 1 N–H and O–H groups in total. The number of methoxy groups -OCH3 is 1. The van der Waals surface area contributed by atoms with E-state index in [9.17, 15) is 4.79 Å². The van der Waals surface area contributed by atoms with Crippen LogP contribution >= 0.6 is 11.8 Å². The van der Waals surface area contributed by atoms with E-state index in [1.807, 2.05) is 42.0 Å². The van der Waals surface area contributed by atoms with Gasteiger partial charge in [0.05, 0.1) is 12.4 Å². The van der Waals surface area contributed by atoms with Crippen LogP contribution < -0.4 is 10.1 Å². The fourth-order valence-electron chi connectivity index (χ4n) is 3.15. The fourth-order valence-corrected chi connectivity index (χ4v) is 4.06. The van der Waals surface area contributed by atoms with Gasteiger partial charge in [0.1, 0.15) is 5.75 Å². The Labute approximate surface area is 165 Å². The number of hydrogen-bond acceptors (Lipinski definition) is 4. The number of ether oxygens (including phenoxy) is 1. The zero-order chi connectivity index (χ0) is 19.1. The van der Waals surface area contributed by atoms with Gasteiger partial charge >= 0.3 is 0 Å². The number of nitrogens with one attached hydrogen (secondary N) is 1. The van der Waals surface area contributed by atoms with E-state index in [0.717, 1.165) is 23.0 Å². The number of nitrogens with zero attached hydrogens (tertiary/aromatic N) is 2. The molecule has 0 spiro atoms. The molecule has 1 aliphatic rings. The van der Waals surface area contributed by atoms with Crippen molar-refractivity contribution in [3.63, 3.8) is 0 Å². The third-order valence-electron chi connectivity index (χ3n) is 4.74. The normalized spacial score (nSPS) is 15.1. The summed E-state index contributed by atoms with van der Waals surface area (Å²) in [5, 5.41) is 3.66. The topological polar surface area (TPSA) is 56.2 Å². The summed E-state index contributed by atoms with van der Waals surface area (Å²) in [5.41, 5.74) is 2.48. The molecular formula is C21H27N3O2S. The van der Waals surface area contributed by atoms with Gasteiger partial charge in [0.25, 0.3) is 0 Å². The Kier molecular flexibility index (Phi) is 6.98. The highest BCUT2D eigenvalue weighted by Crippen LogP contribution is 2.26. The lowest BCUT2D eigenvalue weighted by Crippen LogP contribution is -2.32. The van der Waals surface area contributed by atoms with Gasteiger partial charge in [-0.15, -0.1) is 0 Å². The van der Waals surface area contributed by atoms with Crippen molar-refractivity contribution in [2.24, 2.45) is 0 Å². The number of thioether (sulfide) groups is 1. The van der Waals surface area contributed by atoms with E-state index >= 15 is 0 Å². The summed E-state index contributed by atoms with van der Waals surface area (Å²) < 4.78 is 7.19. The summed E-state index contributed by atoms with van der Waals surface area (Å²) in [7, 11) is 1.65. The smallest absolute Gasteiger partial charge is 0.233 e. The number of aromatic nitrogens is 2. The number of benzene rings is 1. The van der Waals surface area contributed by atoms with E-state index in [2.05, 4.69) is 16.4 Å². The molecule has 6 heteroatoms. The van der Waals surface area contributed by atoms with Crippen molar-refractivity contribution in [3.8, 4) is 11.4 Å². The van der Waals surface area contributed by atoms with Gasteiger partial charge in [-0.3, -0.25) is 9.36 Å². The zero-order valence-electron chi connectivity index (χ0n) is 16.0. The van der Waals surface area contributed by atoms with E-state index in [0.29, 0.717) is 6.54 Å². The second-order valence-corrected chi connectivity index (χ2v) is 8.00. The minimum atomic E-state index is -0.204. The van der Waals surface area contributed by atoms with Crippen LogP contribution in [0.15, 0.2) is 53.5 Å². The average Bonchev–Trinajstić information content (AvgIpc) is 3.16. The third-order valence-corrected chi connectivity index (χ3v) is 5.82.